The summed E-state index contributed by atoms with van der Waals surface area (Å²) < 4.78 is 0. The molecule has 1 aromatic heterocycles. The first-order chi connectivity index (χ1) is 6.74. The number of carbonyl (C=O) groups excluding carboxylic acids is 1. The number of carbonyl (C=O) groups is 1. The number of aldehydes is 1. The van der Waals surface area contributed by atoms with Crippen LogP contribution in [-0.4, -0.2) is 11.4 Å². The van der Waals surface area contributed by atoms with Gasteiger partial charge in [0.15, 0.2) is 11.3 Å². The molecule has 1 heterocycles. The van der Waals surface area contributed by atoms with E-state index in [1.807, 2.05) is 0 Å². The summed E-state index contributed by atoms with van der Waals surface area (Å²) in [5, 5.41) is 9.59. The number of allylic oxidation sites excluding steroid dienone is 2. The van der Waals surface area contributed by atoms with Crippen molar-refractivity contribution in [1.29, 1.82) is 0 Å². The van der Waals surface area contributed by atoms with Crippen LogP contribution in [0.5, 0.6) is 5.06 Å². The fourth-order valence-electron chi connectivity index (χ4n) is 1.08. The van der Waals surface area contributed by atoms with Crippen LogP contribution in [0.4, 0.5) is 0 Å². The van der Waals surface area contributed by atoms with Crippen molar-refractivity contribution in [2.75, 3.05) is 0 Å². The van der Waals surface area contributed by atoms with Gasteiger partial charge < -0.3 is 5.11 Å². The SMILES string of the molecule is C=C/C=C/c1c(C=O)sc(O)c1C=C. The molecule has 1 N–H and O–H groups in total. The van der Waals surface area contributed by atoms with Gasteiger partial charge in [-0.25, -0.2) is 0 Å². The monoisotopic (exact) mass is 206 g/mol. The molecule has 0 unspecified atom stereocenters. The van der Waals surface area contributed by atoms with E-state index in [9.17, 15) is 9.90 Å². The Morgan fingerprint density at radius 3 is 2.50 bits per heavy atom. The van der Waals surface area contributed by atoms with E-state index in [2.05, 4.69) is 13.2 Å². The van der Waals surface area contributed by atoms with Gasteiger partial charge in [-0.05, 0) is 0 Å². The van der Waals surface area contributed by atoms with E-state index < -0.39 is 0 Å². The van der Waals surface area contributed by atoms with Crippen LogP contribution in [0.15, 0.2) is 25.3 Å². The van der Waals surface area contributed by atoms with Gasteiger partial charge in [-0.15, -0.1) is 0 Å². The molecule has 72 valence electrons. The smallest absolute Gasteiger partial charge is 0.179 e. The van der Waals surface area contributed by atoms with Crippen LogP contribution in [0.3, 0.4) is 0 Å². The summed E-state index contributed by atoms with van der Waals surface area (Å²) >= 11 is 1.05. The van der Waals surface area contributed by atoms with Crippen LogP contribution in [0.1, 0.15) is 20.8 Å². The van der Waals surface area contributed by atoms with E-state index in [1.54, 1.807) is 18.2 Å². The molecule has 0 aliphatic carbocycles. The van der Waals surface area contributed by atoms with E-state index in [0.717, 1.165) is 17.6 Å². The van der Waals surface area contributed by atoms with Gasteiger partial charge in [-0.1, -0.05) is 48.8 Å². The van der Waals surface area contributed by atoms with E-state index in [4.69, 9.17) is 0 Å². The summed E-state index contributed by atoms with van der Waals surface area (Å²) in [6.45, 7) is 7.11. The van der Waals surface area contributed by atoms with Crippen molar-refractivity contribution in [2.45, 2.75) is 0 Å². The van der Waals surface area contributed by atoms with Gasteiger partial charge in [0.1, 0.15) is 0 Å². The number of hydrogen-bond donors (Lipinski definition) is 1. The van der Waals surface area contributed by atoms with Gasteiger partial charge >= 0.3 is 0 Å². The second-order valence-electron chi connectivity index (χ2n) is 2.52. The van der Waals surface area contributed by atoms with E-state index in [1.165, 1.54) is 6.08 Å². The Labute approximate surface area is 86.5 Å². The Morgan fingerprint density at radius 1 is 1.29 bits per heavy atom. The van der Waals surface area contributed by atoms with Gasteiger partial charge in [0, 0.05) is 11.1 Å². The predicted molar refractivity (Wildman–Crippen MR) is 60.7 cm³/mol. The molecule has 14 heavy (non-hydrogen) atoms. The first-order valence-electron chi connectivity index (χ1n) is 3.97. The summed E-state index contributed by atoms with van der Waals surface area (Å²) in [6.07, 6.45) is 7.30. The van der Waals surface area contributed by atoms with Gasteiger partial charge in [0.2, 0.25) is 0 Å². The molecular weight excluding hydrogens is 196 g/mol. The maximum atomic E-state index is 10.7. The zero-order valence-corrected chi connectivity index (χ0v) is 8.38. The highest BCUT2D eigenvalue weighted by Crippen LogP contribution is 2.35. The van der Waals surface area contributed by atoms with Crippen LogP contribution < -0.4 is 0 Å². The molecule has 0 radical (unpaired) electrons. The minimum Gasteiger partial charge on any atom is -0.499 e. The van der Waals surface area contributed by atoms with Crippen LogP contribution in [0.25, 0.3) is 12.2 Å². The van der Waals surface area contributed by atoms with Crippen LogP contribution in [0, 0.1) is 0 Å². The molecule has 0 aliphatic heterocycles. The zero-order valence-electron chi connectivity index (χ0n) is 7.56. The van der Waals surface area contributed by atoms with Crippen molar-refractivity contribution in [3.8, 4) is 5.06 Å². The number of thiophene rings is 1. The van der Waals surface area contributed by atoms with Crippen molar-refractivity contribution in [2.24, 2.45) is 0 Å². The minimum atomic E-state index is 0.116. The number of rotatable bonds is 4. The molecule has 3 heteroatoms. The van der Waals surface area contributed by atoms with E-state index in [-0.39, 0.29) is 5.06 Å². The average molecular weight is 206 g/mol. The summed E-state index contributed by atoms with van der Waals surface area (Å²) in [5.41, 5.74) is 1.28. The molecule has 0 aliphatic rings. The van der Waals surface area contributed by atoms with Crippen molar-refractivity contribution in [1.82, 2.24) is 0 Å². The molecule has 0 amide bonds. The highest BCUT2D eigenvalue weighted by Gasteiger charge is 2.12. The standard InChI is InChI=1S/C11H10O2S/c1-3-5-6-9-8(4-2)11(13)14-10(9)7-12/h3-7,13H,1-2H2/b6-5+. The largest absolute Gasteiger partial charge is 0.499 e. The van der Waals surface area contributed by atoms with Crippen molar-refractivity contribution < 1.29 is 9.90 Å². The number of hydrogen-bond acceptors (Lipinski definition) is 3. The molecule has 0 spiro atoms. The second-order valence-corrected chi connectivity index (χ2v) is 3.55. The Bertz CT molecular complexity index is 400. The molecule has 0 atom stereocenters. The maximum absolute atomic E-state index is 10.7. The van der Waals surface area contributed by atoms with Gasteiger partial charge in [-0.3, -0.25) is 4.79 Å². The molecule has 0 fully saturated rings. The molecule has 0 saturated heterocycles. The van der Waals surface area contributed by atoms with E-state index in [0.29, 0.717) is 16.0 Å². The third kappa shape index (κ3) is 1.83. The van der Waals surface area contributed by atoms with Gasteiger partial charge in [0.05, 0.1) is 4.88 Å². The summed E-state index contributed by atoms with van der Waals surface area (Å²) in [6, 6.07) is 0. The van der Waals surface area contributed by atoms with Crippen molar-refractivity contribution in [3.05, 3.63) is 41.3 Å². The molecule has 1 aromatic rings. The first-order valence-corrected chi connectivity index (χ1v) is 4.78. The normalized spacial score (nSPS) is 10.3. The third-order valence-electron chi connectivity index (χ3n) is 1.70. The Kier molecular flexibility index (Phi) is 3.42. The Balaban J connectivity index is 3.33. The minimum absolute atomic E-state index is 0.116. The molecular formula is C11H10O2S. The van der Waals surface area contributed by atoms with Crippen molar-refractivity contribution >= 4 is 29.8 Å². The highest BCUT2D eigenvalue weighted by molar-refractivity contribution is 7.16. The molecule has 1 rings (SSSR count). The summed E-state index contributed by atoms with van der Waals surface area (Å²) in [7, 11) is 0. The van der Waals surface area contributed by atoms with E-state index >= 15 is 0 Å². The molecule has 0 bridgehead atoms. The van der Waals surface area contributed by atoms with Crippen LogP contribution in [-0.2, 0) is 0 Å². The fourth-order valence-corrected chi connectivity index (χ4v) is 1.93. The topological polar surface area (TPSA) is 37.3 Å². The van der Waals surface area contributed by atoms with Gasteiger partial charge in [-0.2, -0.15) is 0 Å². The number of aromatic hydroxyl groups is 1. The van der Waals surface area contributed by atoms with Crippen molar-refractivity contribution in [3.63, 3.8) is 0 Å². The third-order valence-corrected chi connectivity index (χ3v) is 2.65. The molecule has 2 nitrogen and oxygen atoms in total. The van der Waals surface area contributed by atoms with Gasteiger partial charge in [0.25, 0.3) is 0 Å². The van der Waals surface area contributed by atoms with Crippen LogP contribution in [0.2, 0.25) is 0 Å². The zero-order chi connectivity index (χ0) is 10.6. The fraction of sp³-hybridized carbons (Fsp3) is 0. The summed E-state index contributed by atoms with van der Waals surface area (Å²) in [4.78, 5) is 11.2. The van der Waals surface area contributed by atoms with Crippen LogP contribution >= 0.6 is 11.3 Å². The lowest BCUT2D eigenvalue weighted by Crippen LogP contribution is -1.79. The lowest BCUT2D eigenvalue weighted by Gasteiger charge is -1.92. The molecule has 0 saturated carbocycles. The lowest BCUT2D eigenvalue weighted by atomic mass is 10.1. The average Bonchev–Trinajstić information content (AvgIpc) is 2.50. The quantitative estimate of drug-likeness (QED) is 0.607. The predicted octanol–water partition coefficient (Wildman–Crippen LogP) is 3.11. The highest BCUT2D eigenvalue weighted by atomic mass is 32.1. The second kappa shape index (κ2) is 4.58. The maximum Gasteiger partial charge on any atom is 0.179 e. The Hall–Kier alpha value is -1.61. The lowest BCUT2D eigenvalue weighted by molar-refractivity contribution is 0.112. The Morgan fingerprint density at radius 2 is 2.00 bits per heavy atom. The first kappa shape index (κ1) is 10.5. The molecule has 0 aromatic carbocycles. The summed E-state index contributed by atoms with van der Waals surface area (Å²) in [5.74, 6) is 0.